The van der Waals surface area contributed by atoms with Gasteiger partial charge in [-0.25, -0.2) is 0 Å². The normalized spacial score (nSPS) is 37.2. The number of fused-ring (bicyclic) bond motifs is 1. The lowest BCUT2D eigenvalue weighted by Gasteiger charge is -2.45. The van der Waals surface area contributed by atoms with Crippen molar-refractivity contribution in [3.05, 3.63) is 0 Å². The molecule has 0 N–H and O–H groups in total. The van der Waals surface area contributed by atoms with E-state index in [1.807, 2.05) is 0 Å². The lowest BCUT2D eigenvalue weighted by molar-refractivity contribution is 0.113. The number of thioether (sulfide) groups is 1. The van der Waals surface area contributed by atoms with Crippen LogP contribution < -0.4 is 0 Å². The predicted octanol–water partition coefficient (Wildman–Crippen LogP) is 2.22. The van der Waals surface area contributed by atoms with Gasteiger partial charge in [-0.1, -0.05) is 13.8 Å². The van der Waals surface area contributed by atoms with E-state index >= 15 is 0 Å². The highest BCUT2D eigenvalue weighted by Gasteiger charge is 2.44. The van der Waals surface area contributed by atoms with Gasteiger partial charge in [-0.3, -0.25) is 4.90 Å². The van der Waals surface area contributed by atoms with Crippen LogP contribution in [0.1, 0.15) is 26.7 Å². The van der Waals surface area contributed by atoms with Gasteiger partial charge < -0.3 is 0 Å². The fourth-order valence-corrected chi connectivity index (χ4v) is 4.21. The van der Waals surface area contributed by atoms with Crippen molar-refractivity contribution in [2.45, 2.75) is 32.2 Å². The van der Waals surface area contributed by atoms with Gasteiger partial charge in [-0.2, -0.15) is 11.8 Å². The molecule has 2 heterocycles. The van der Waals surface area contributed by atoms with Gasteiger partial charge in [0.1, 0.15) is 0 Å². The summed E-state index contributed by atoms with van der Waals surface area (Å²) in [6.07, 6.45) is 2.87. The molecule has 2 heteroatoms. The molecule has 0 bridgehead atoms. The smallest absolute Gasteiger partial charge is 0.0323 e. The van der Waals surface area contributed by atoms with E-state index in [1.165, 1.54) is 37.4 Å². The SMILES string of the molecule is CC(C)C12CCCN1CCSC2. The monoisotopic (exact) mass is 185 g/mol. The highest BCUT2D eigenvalue weighted by Crippen LogP contribution is 2.41. The van der Waals surface area contributed by atoms with Gasteiger partial charge in [0, 0.05) is 23.6 Å². The van der Waals surface area contributed by atoms with Gasteiger partial charge in [0.05, 0.1) is 0 Å². The Morgan fingerprint density at radius 1 is 1.33 bits per heavy atom. The zero-order valence-electron chi connectivity index (χ0n) is 8.18. The van der Waals surface area contributed by atoms with Gasteiger partial charge in [0.25, 0.3) is 0 Å². The maximum Gasteiger partial charge on any atom is 0.0323 e. The largest absolute Gasteiger partial charge is 0.296 e. The molecule has 0 saturated carbocycles. The zero-order valence-corrected chi connectivity index (χ0v) is 8.99. The Bertz CT molecular complexity index is 169. The van der Waals surface area contributed by atoms with E-state index < -0.39 is 0 Å². The van der Waals surface area contributed by atoms with Crippen molar-refractivity contribution in [2.75, 3.05) is 24.6 Å². The third kappa shape index (κ3) is 1.20. The van der Waals surface area contributed by atoms with Crippen molar-refractivity contribution in [3.63, 3.8) is 0 Å². The molecule has 0 aromatic carbocycles. The second-order valence-corrected chi connectivity index (χ2v) is 5.51. The summed E-state index contributed by atoms with van der Waals surface area (Å²) in [7, 11) is 0. The molecule has 12 heavy (non-hydrogen) atoms. The van der Waals surface area contributed by atoms with E-state index in [2.05, 4.69) is 30.5 Å². The number of hydrogen-bond donors (Lipinski definition) is 0. The average Bonchev–Trinajstić information content (AvgIpc) is 2.48. The molecule has 1 nitrogen and oxygen atoms in total. The van der Waals surface area contributed by atoms with E-state index in [0.717, 1.165) is 5.92 Å². The Labute approximate surface area is 79.9 Å². The van der Waals surface area contributed by atoms with E-state index in [4.69, 9.17) is 0 Å². The van der Waals surface area contributed by atoms with E-state index in [0.29, 0.717) is 5.54 Å². The highest BCUT2D eigenvalue weighted by atomic mass is 32.2. The second kappa shape index (κ2) is 3.22. The first-order chi connectivity index (χ1) is 5.76. The topological polar surface area (TPSA) is 3.24 Å². The Balaban J connectivity index is 2.17. The van der Waals surface area contributed by atoms with E-state index in [1.54, 1.807) is 0 Å². The Morgan fingerprint density at radius 3 is 2.83 bits per heavy atom. The van der Waals surface area contributed by atoms with Crippen molar-refractivity contribution < 1.29 is 0 Å². The maximum absolute atomic E-state index is 2.74. The molecule has 2 saturated heterocycles. The lowest BCUT2D eigenvalue weighted by Crippen LogP contribution is -2.53. The van der Waals surface area contributed by atoms with E-state index in [-0.39, 0.29) is 0 Å². The molecular formula is C10H19NS. The maximum atomic E-state index is 2.74. The van der Waals surface area contributed by atoms with Crippen LogP contribution in [0.15, 0.2) is 0 Å². The molecule has 0 spiro atoms. The lowest BCUT2D eigenvalue weighted by atomic mass is 9.85. The summed E-state index contributed by atoms with van der Waals surface area (Å²) in [5.41, 5.74) is 0.586. The minimum atomic E-state index is 0.586. The predicted molar refractivity (Wildman–Crippen MR) is 55.7 cm³/mol. The summed E-state index contributed by atoms with van der Waals surface area (Å²) in [4.78, 5) is 2.74. The Hall–Kier alpha value is 0.310. The number of rotatable bonds is 1. The van der Waals surface area contributed by atoms with E-state index in [9.17, 15) is 0 Å². The molecule has 1 unspecified atom stereocenters. The van der Waals surface area contributed by atoms with Crippen molar-refractivity contribution >= 4 is 11.8 Å². The molecule has 2 aliphatic heterocycles. The van der Waals surface area contributed by atoms with Crippen LogP contribution >= 0.6 is 11.8 Å². The summed E-state index contributed by atoms with van der Waals surface area (Å²) in [6.45, 7) is 7.48. The highest BCUT2D eigenvalue weighted by molar-refractivity contribution is 7.99. The summed E-state index contributed by atoms with van der Waals surface area (Å²) in [6, 6.07) is 0. The number of nitrogens with zero attached hydrogens (tertiary/aromatic N) is 1. The quantitative estimate of drug-likeness (QED) is 0.616. The van der Waals surface area contributed by atoms with Gasteiger partial charge >= 0.3 is 0 Å². The summed E-state index contributed by atoms with van der Waals surface area (Å²) in [5.74, 6) is 3.58. The molecule has 2 rings (SSSR count). The second-order valence-electron chi connectivity index (χ2n) is 4.40. The van der Waals surface area contributed by atoms with Crippen LogP contribution in [-0.2, 0) is 0 Å². The van der Waals surface area contributed by atoms with Gasteiger partial charge in [0.2, 0.25) is 0 Å². The average molecular weight is 185 g/mol. The van der Waals surface area contributed by atoms with Crippen LogP contribution in [0.3, 0.4) is 0 Å². The van der Waals surface area contributed by atoms with Crippen LogP contribution in [-0.4, -0.2) is 35.0 Å². The van der Waals surface area contributed by atoms with Crippen molar-refractivity contribution in [1.82, 2.24) is 4.90 Å². The van der Waals surface area contributed by atoms with Crippen LogP contribution in [0.2, 0.25) is 0 Å². The zero-order chi connectivity index (χ0) is 8.60. The van der Waals surface area contributed by atoms with Gasteiger partial charge in [-0.15, -0.1) is 0 Å². The Morgan fingerprint density at radius 2 is 2.17 bits per heavy atom. The molecule has 0 aromatic rings. The first-order valence-corrected chi connectivity index (χ1v) is 6.24. The molecule has 70 valence electrons. The van der Waals surface area contributed by atoms with Gasteiger partial charge in [-0.05, 0) is 25.3 Å². The van der Waals surface area contributed by atoms with Crippen molar-refractivity contribution in [3.8, 4) is 0 Å². The van der Waals surface area contributed by atoms with Crippen molar-refractivity contribution in [1.29, 1.82) is 0 Å². The standard InChI is InChI=1S/C10H19NS/c1-9(2)10-4-3-5-11(10)6-7-12-8-10/h9H,3-8H2,1-2H3. The van der Waals surface area contributed by atoms with Crippen LogP contribution in [0.25, 0.3) is 0 Å². The molecule has 0 radical (unpaired) electrons. The summed E-state index contributed by atoms with van der Waals surface area (Å²) < 4.78 is 0. The first-order valence-electron chi connectivity index (χ1n) is 5.08. The fourth-order valence-electron chi connectivity index (χ4n) is 2.70. The molecule has 1 atom stereocenters. The fraction of sp³-hybridized carbons (Fsp3) is 1.00. The molecule has 2 fully saturated rings. The van der Waals surface area contributed by atoms with Crippen LogP contribution in [0.5, 0.6) is 0 Å². The third-order valence-electron chi connectivity index (χ3n) is 3.60. The first kappa shape index (κ1) is 8.89. The minimum Gasteiger partial charge on any atom is -0.296 e. The molecule has 0 aliphatic carbocycles. The summed E-state index contributed by atoms with van der Waals surface area (Å²) in [5, 5.41) is 0. The molecular weight excluding hydrogens is 166 g/mol. The number of hydrogen-bond acceptors (Lipinski definition) is 2. The minimum absolute atomic E-state index is 0.586. The van der Waals surface area contributed by atoms with Crippen molar-refractivity contribution in [2.24, 2.45) is 5.92 Å². The third-order valence-corrected chi connectivity index (χ3v) is 4.78. The molecule has 0 aromatic heterocycles. The van der Waals surface area contributed by atoms with Gasteiger partial charge in [0.15, 0.2) is 0 Å². The Kier molecular flexibility index (Phi) is 2.39. The molecule has 2 aliphatic rings. The summed E-state index contributed by atoms with van der Waals surface area (Å²) >= 11 is 2.16. The van der Waals surface area contributed by atoms with Crippen LogP contribution in [0.4, 0.5) is 0 Å². The van der Waals surface area contributed by atoms with Crippen LogP contribution in [0, 0.1) is 5.92 Å². The molecule has 0 amide bonds.